The van der Waals surface area contributed by atoms with Crippen LogP contribution in [0.5, 0.6) is 0 Å². The Labute approximate surface area is 125 Å². The van der Waals surface area contributed by atoms with Crippen molar-refractivity contribution < 1.29 is 0 Å². The number of piperazine rings is 1. The summed E-state index contributed by atoms with van der Waals surface area (Å²) in [5.41, 5.74) is 3.10. The highest BCUT2D eigenvalue weighted by Gasteiger charge is 2.18. The van der Waals surface area contributed by atoms with Crippen molar-refractivity contribution in [2.24, 2.45) is 0 Å². The number of fused-ring (bicyclic) bond motifs is 1. The third-order valence-corrected chi connectivity index (χ3v) is 4.51. The molecule has 1 saturated heterocycles. The molecule has 1 fully saturated rings. The van der Waals surface area contributed by atoms with Crippen molar-refractivity contribution in [3.8, 4) is 0 Å². The first-order valence-corrected chi connectivity index (χ1v) is 7.79. The van der Waals surface area contributed by atoms with E-state index >= 15 is 0 Å². The van der Waals surface area contributed by atoms with Gasteiger partial charge in [-0.25, -0.2) is 0 Å². The number of nitrogens with one attached hydrogen (secondary N) is 2. The van der Waals surface area contributed by atoms with Crippen molar-refractivity contribution in [3.05, 3.63) is 45.7 Å². The third kappa shape index (κ3) is 2.87. The van der Waals surface area contributed by atoms with Gasteiger partial charge in [-0.15, -0.1) is 0 Å². The van der Waals surface area contributed by atoms with E-state index in [2.05, 4.69) is 40.3 Å². The molecule has 1 aliphatic rings. The van der Waals surface area contributed by atoms with Crippen molar-refractivity contribution in [1.82, 2.24) is 15.2 Å². The summed E-state index contributed by atoms with van der Waals surface area (Å²) in [6.07, 6.45) is 0.768. The van der Waals surface area contributed by atoms with Gasteiger partial charge in [-0.05, 0) is 36.4 Å². The van der Waals surface area contributed by atoms with E-state index in [9.17, 15) is 4.79 Å². The molecule has 1 unspecified atom stereocenters. The molecule has 21 heavy (non-hydrogen) atoms. The zero-order valence-corrected chi connectivity index (χ0v) is 12.8. The summed E-state index contributed by atoms with van der Waals surface area (Å²) < 4.78 is 0. The second-order valence-electron chi connectivity index (χ2n) is 5.79. The summed E-state index contributed by atoms with van der Waals surface area (Å²) in [6, 6.07) is 8.83. The number of rotatable bonds is 3. The topological polar surface area (TPSA) is 48.1 Å². The Morgan fingerprint density at radius 2 is 2.00 bits per heavy atom. The van der Waals surface area contributed by atoms with Crippen LogP contribution in [0.3, 0.4) is 0 Å². The van der Waals surface area contributed by atoms with Crippen LogP contribution in [0.1, 0.15) is 31.0 Å². The maximum atomic E-state index is 12.0. The van der Waals surface area contributed by atoms with Crippen LogP contribution >= 0.6 is 0 Å². The average molecular weight is 285 g/mol. The van der Waals surface area contributed by atoms with Crippen molar-refractivity contribution in [3.63, 3.8) is 0 Å². The number of benzene rings is 1. The van der Waals surface area contributed by atoms with Gasteiger partial charge >= 0.3 is 0 Å². The molecule has 0 amide bonds. The number of aromatic amines is 1. The van der Waals surface area contributed by atoms with Crippen LogP contribution in [0.4, 0.5) is 0 Å². The van der Waals surface area contributed by atoms with Gasteiger partial charge in [0.05, 0.1) is 0 Å². The van der Waals surface area contributed by atoms with Crippen LogP contribution in [0.15, 0.2) is 29.1 Å². The van der Waals surface area contributed by atoms with Crippen LogP contribution in [0, 0.1) is 0 Å². The van der Waals surface area contributed by atoms with Gasteiger partial charge in [-0.3, -0.25) is 9.69 Å². The summed E-state index contributed by atoms with van der Waals surface area (Å²) >= 11 is 0. The SMILES string of the molecule is CCc1cc2ccc(C(C)N3CCNCC3)cc2[nH]c1=O. The number of hydrogen-bond acceptors (Lipinski definition) is 3. The fraction of sp³-hybridized carbons (Fsp3) is 0.471. The van der Waals surface area contributed by atoms with Gasteiger partial charge in [0.1, 0.15) is 0 Å². The molecule has 0 aliphatic carbocycles. The predicted molar refractivity (Wildman–Crippen MR) is 86.8 cm³/mol. The Morgan fingerprint density at radius 3 is 2.71 bits per heavy atom. The molecule has 1 atom stereocenters. The van der Waals surface area contributed by atoms with E-state index in [1.165, 1.54) is 5.56 Å². The van der Waals surface area contributed by atoms with Crippen LogP contribution < -0.4 is 10.9 Å². The molecular weight excluding hydrogens is 262 g/mol. The second kappa shape index (κ2) is 6.00. The maximum Gasteiger partial charge on any atom is 0.251 e. The molecule has 112 valence electrons. The molecule has 1 aliphatic heterocycles. The zero-order valence-electron chi connectivity index (χ0n) is 12.8. The third-order valence-electron chi connectivity index (χ3n) is 4.51. The minimum Gasteiger partial charge on any atom is -0.322 e. The number of H-pyrrole nitrogens is 1. The van der Waals surface area contributed by atoms with Gasteiger partial charge in [-0.2, -0.15) is 0 Å². The Bertz CT molecular complexity index is 686. The Kier molecular flexibility index (Phi) is 4.08. The van der Waals surface area contributed by atoms with Gasteiger partial charge in [0, 0.05) is 43.3 Å². The lowest BCUT2D eigenvalue weighted by Crippen LogP contribution is -2.44. The highest BCUT2D eigenvalue weighted by atomic mass is 16.1. The number of aryl methyl sites for hydroxylation is 1. The Balaban J connectivity index is 1.94. The first-order chi connectivity index (χ1) is 10.2. The number of nitrogens with zero attached hydrogens (tertiary/aromatic N) is 1. The summed E-state index contributed by atoms with van der Waals surface area (Å²) in [5, 5.41) is 4.50. The lowest BCUT2D eigenvalue weighted by atomic mass is 10.0. The summed E-state index contributed by atoms with van der Waals surface area (Å²) in [6.45, 7) is 8.50. The number of hydrogen-bond donors (Lipinski definition) is 2. The van der Waals surface area contributed by atoms with Crippen molar-refractivity contribution >= 4 is 10.9 Å². The van der Waals surface area contributed by atoms with E-state index in [1.807, 2.05) is 13.0 Å². The minimum absolute atomic E-state index is 0.0389. The van der Waals surface area contributed by atoms with Gasteiger partial charge in [0.2, 0.25) is 0 Å². The summed E-state index contributed by atoms with van der Waals surface area (Å²) in [5.74, 6) is 0. The van der Waals surface area contributed by atoms with Crippen LogP contribution in [0.25, 0.3) is 10.9 Å². The first kappa shape index (κ1) is 14.3. The molecule has 2 N–H and O–H groups in total. The Hall–Kier alpha value is -1.65. The van der Waals surface area contributed by atoms with E-state index < -0.39 is 0 Å². The monoisotopic (exact) mass is 285 g/mol. The lowest BCUT2D eigenvalue weighted by molar-refractivity contribution is 0.185. The molecule has 0 spiro atoms. The molecule has 3 rings (SSSR count). The van der Waals surface area contributed by atoms with Gasteiger partial charge in [0.25, 0.3) is 5.56 Å². The smallest absolute Gasteiger partial charge is 0.251 e. The molecule has 1 aromatic carbocycles. The predicted octanol–water partition coefficient (Wildman–Crippen LogP) is 2.06. The normalized spacial score (nSPS) is 18.0. The second-order valence-corrected chi connectivity index (χ2v) is 5.79. The van der Waals surface area contributed by atoms with Gasteiger partial charge < -0.3 is 10.3 Å². The molecule has 0 saturated carbocycles. The van der Waals surface area contributed by atoms with E-state index in [1.54, 1.807) is 0 Å². The highest BCUT2D eigenvalue weighted by Crippen LogP contribution is 2.23. The average Bonchev–Trinajstić information content (AvgIpc) is 2.53. The maximum absolute atomic E-state index is 12.0. The van der Waals surface area contributed by atoms with Crippen molar-refractivity contribution in [1.29, 1.82) is 0 Å². The fourth-order valence-corrected chi connectivity index (χ4v) is 3.07. The lowest BCUT2D eigenvalue weighted by Gasteiger charge is -2.33. The fourth-order valence-electron chi connectivity index (χ4n) is 3.07. The standard InChI is InChI=1S/C17H23N3O/c1-3-13-10-15-5-4-14(11-16(15)19-17(13)21)12(2)20-8-6-18-7-9-20/h4-5,10-12,18H,3,6-9H2,1-2H3,(H,19,21). The van der Waals surface area contributed by atoms with Crippen LogP contribution in [-0.4, -0.2) is 36.1 Å². The van der Waals surface area contributed by atoms with Crippen LogP contribution in [0.2, 0.25) is 0 Å². The van der Waals surface area contributed by atoms with Crippen LogP contribution in [-0.2, 0) is 6.42 Å². The zero-order chi connectivity index (χ0) is 14.8. The van der Waals surface area contributed by atoms with E-state index in [-0.39, 0.29) is 5.56 Å². The largest absolute Gasteiger partial charge is 0.322 e. The molecular formula is C17H23N3O. The van der Waals surface area contributed by atoms with Crippen molar-refractivity contribution in [2.45, 2.75) is 26.3 Å². The van der Waals surface area contributed by atoms with Crippen molar-refractivity contribution in [2.75, 3.05) is 26.2 Å². The van der Waals surface area contributed by atoms with E-state index in [0.29, 0.717) is 6.04 Å². The molecule has 2 aromatic rings. The summed E-state index contributed by atoms with van der Waals surface area (Å²) in [4.78, 5) is 17.5. The molecule has 1 aromatic heterocycles. The molecule has 4 nitrogen and oxygen atoms in total. The molecule has 2 heterocycles. The quantitative estimate of drug-likeness (QED) is 0.907. The molecule has 4 heteroatoms. The molecule has 0 radical (unpaired) electrons. The number of pyridine rings is 1. The van der Waals surface area contributed by atoms with E-state index in [0.717, 1.165) is 49.1 Å². The minimum atomic E-state index is 0.0389. The Morgan fingerprint density at radius 1 is 1.24 bits per heavy atom. The highest BCUT2D eigenvalue weighted by molar-refractivity contribution is 5.79. The van der Waals surface area contributed by atoms with E-state index in [4.69, 9.17) is 0 Å². The number of aromatic nitrogens is 1. The summed E-state index contributed by atoms with van der Waals surface area (Å²) in [7, 11) is 0. The first-order valence-electron chi connectivity index (χ1n) is 7.79. The van der Waals surface area contributed by atoms with Gasteiger partial charge in [0.15, 0.2) is 0 Å². The van der Waals surface area contributed by atoms with Gasteiger partial charge in [-0.1, -0.05) is 19.1 Å². The molecule has 0 bridgehead atoms.